The zero-order valence-corrected chi connectivity index (χ0v) is 11.2. The smallest absolute Gasteiger partial charge is 0.298 e. The van der Waals surface area contributed by atoms with Crippen LogP contribution in [-0.4, -0.2) is 45.3 Å². The second-order valence-corrected chi connectivity index (χ2v) is 4.29. The first-order valence-electron chi connectivity index (χ1n) is 5.93. The summed E-state index contributed by atoms with van der Waals surface area (Å²) >= 11 is 0. The molecule has 0 aliphatic rings. The molecule has 110 valence electrons. The summed E-state index contributed by atoms with van der Waals surface area (Å²) in [6, 6.07) is 2.72. The highest BCUT2D eigenvalue weighted by Crippen LogP contribution is 2.22. The third kappa shape index (κ3) is 3.32. The number of aliphatic hydroxyl groups is 1. The highest BCUT2D eigenvalue weighted by atomic mass is 16.6. The number of nitrogens with two attached hydrogens (primary N) is 1. The lowest BCUT2D eigenvalue weighted by molar-refractivity contribution is -0.385. The van der Waals surface area contributed by atoms with E-state index in [-0.39, 0.29) is 24.0 Å². The van der Waals surface area contributed by atoms with Crippen LogP contribution in [0.5, 0.6) is 0 Å². The zero-order chi connectivity index (χ0) is 15.3. The Morgan fingerprint density at radius 2 is 2.25 bits per heavy atom. The Kier molecular flexibility index (Phi) is 5.21. The molecule has 9 nitrogen and oxygen atoms in total. The molecule has 0 fully saturated rings. The van der Waals surface area contributed by atoms with Gasteiger partial charge in [-0.2, -0.15) is 0 Å². The molecule has 0 bridgehead atoms. The van der Waals surface area contributed by atoms with Gasteiger partial charge in [-0.25, -0.2) is 4.98 Å². The van der Waals surface area contributed by atoms with Crippen molar-refractivity contribution in [2.45, 2.75) is 19.9 Å². The molecule has 1 aromatic rings. The van der Waals surface area contributed by atoms with Gasteiger partial charge in [0.05, 0.1) is 11.5 Å². The van der Waals surface area contributed by atoms with Gasteiger partial charge in [0, 0.05) is 18.7 Å². The molecule has 4 N–H and O–H groups in total. The molecule has 1 heterocycles. The number of oxime groups is 1. The predicted octanol–water partition coefficient (Wildman–Crippen LogP) is 0.291. The van der Waals surface area contributed by atoms with E-state index >= 15 is 0 Å². The zero-order valence-electron chi connectivity index (χ0n) is 11.2. The lowest BCUT2D eigenvalue weighted by atomic mass is 10.2. The van der Waals surface area contributed by atoms with Crippen molar-refractivity contribution in [1.29, 1.82) is 0 Å². The van der Waals surface area contributed by atoms with Crippen LogP contribution in [0.25, 0.3) is 0 Å². The Morgan fingerprint density at radius 3 is 2.70 bits per heavy atom. The number of hydrogen-bond donors (Lipinski definition) is 3. The number of nitrogens with zero attached hydrogens (tertiary/aromatic N) is 4. The number of hydrogen-bond acceptors (Lipinski definition) is 7. The third-order valence-corrected chi connectivity index (χ3v) is 2.66. The summed E-state index contributed by atoms with van der Waals surface area (Å²) in [7, 11) is 0. The molecule has 0 spiro atoms. The number of aliphatic hydroxyl groups excluding tert-OH is 1. The number of amidine groups is 1. The molecule has 0 unspecified atom stereocenters. The Labute approximate surface area is 115 Å². The third-order valence-electron chi connectivity index (χ3n) is 2.66. The van der Waals surface area contributed by atoms with Crippen LogP contribution in [0.2, 0.25) is 0 Å². The van der Waals surface area contributed by atoms with Gasteiger partial charge in [-0.3, -0.25) is 10.1 Å². The lowest BCUT2D eigenvalue weighted by Crippen LogP contribution is -2.34. The van der Waals surface area contributed by atoms with Crippen molar-refractivity contribution in [2.24, 2.45) is 10.9 Å². The summed E-state index contributed by atoms with van der Waals surface area (Å²) in [5.74, 6) is -0.0347. The number of rotatable bonds is 6. The average molecular weight is 283 g/mol. The van der Waals surface area contributed by atoms with Crippen molar-refractivity contribution >= 4 is 17.3 Å². The Morgan fingerprint density at radius 1 is 1.60 bits per heavy atom. The highest BCUT2D eigenvalue weighted by Gasteiger charge is 2.22. The molecule has 20 heavy (non-hydrogen) atoms. The maximum absolute atomic E-state index is 10.9. The molecule has 0 saturated heterocycles. The molecule has 0 aliphatic carbocycles. The number of nitro groups is 1. The van der Waals surface area contributed by atoms with Crippen LogP contribution in [0.15, 0.2) is 17.3 Å². The Balaban J connectivity index is 3.34. The lowest BCUT2D eigenvalue weighted by Gasteiger charge is -2.27. The van der Waals surface area contributed by atoms with Crippen molar-refractivity contribution in [2.75, 3.05) is 18.1 Å². The predicted molar refractivity (Wildman–Crippen MR) is 73.0 cm³/mol. The SMILES string of the molecule is CC(C)N(CCO)c1ccc([N+](=O)[O-])c(/C(N)=N/O)n1. The molecule has 0 aliphatic heterocycles. The van der Waals surface area contributed by atoms with Gasteiger partial charge in [-0.1, -0.05) is 5.16 Å². The van der Waals surface area contributed by atoms with E-state index in [0.29, 0.717) is 12.4 Å². The fourth-order valence-electron chi connectivity index (χ4n) is 1.73. The normalized spacial score (nSPS) is 11.7. The van der Waals surface area contributed by atoms with Crippen LogP contribution < -0.4 is 10.6 Å². The van der Waals surface area contributed by atoms with Crippen molar-refractivity contribution < 1.29 is 15.2 Å². The summed E-state index contributed by atoms with van der Waals surface area (Å²) in [6.07, 6.45) is 0. The molecule has 0 atom stereocenters. The highest BCUT2D eigenvalue weighted by molar-refractivity contribution is 5.99. The van der Waals surface area contributed by atoms with E-state index in [1.165, 1.54) is 12.1 Å². The number of pyridine rings is 1. The molecular formula is C11H17N5O4. The van der Waals surface area contributed by atoms with E-state index in [1.807, 2.05) is 13.8 Å². The maximum atomic E-state index is 10.9. The fourth-order valence-corrected chi connectivity index (χ4v) is 1.73. The molecule has 0 radical (unpaired) electrons. The summed E-state index contributed by atoms with van der Waals surface area (Å²) in [4.78, 5) is 16.1. The topological polar surface area (TPSA) is 138 Å². The minimum Gasteiger partial charge on any atom is -0.409 e. The molecule has 0 amide bonds. The van der Waals surface area contributed by atoms with Gasteiger partial charge >= 0.3 is 0 Å². The van der Waals surface area contributed by atoms with Crippen molar-refractivity contribution in [1.82, 2.24) is 4.98 Å². The maximum Gasteiger partial charge on any atom is 0.298 e. The molecule has 1 aromatic heterocycles. The van der Waals surface area contributed by atoms with Crippen LogP contribution in [-0.2, 0) is 0 Å². The van der Waals surface area contributed by atoms with Gasteiger partial charge in [0.1, 0.15) is 5.82 Å². The van der Waals surface area contributed by atoms with E-state index in [9.17, 15) is 10.1 Å². The van der Waals surface area contributed by atoms with Gasteiger partial charge in [0.25, 0.3) is 5.69 Å². The molecule has 9 heteroatoms. The minimum absolute atomic E-state index is 0.0243. The standard InChI is InChI=1S/C11H17N5O4/c1-7(2)15(5-6-17)9-4-3-8(16(19)20)10(13-9)11(12)14-18/h3-4,7,17-18H,5-6H2,1-2H3,(H2,12,14). The van der Waals surface area contributed by atoms with Crippen LogP contribution in [0.4, 0.5) is 11.5 Å². The van der Waals surface area contributed by atoms with Crippen LogP contribution >= 0.6 is 0 Å². The fraction of sp³-hybridized carbons (Fsp3) is 0.455. The van der Waals surface area contributed by atoms with Crippen LogP contribution in [0.3, 0.4) is 0 Å². The van der Waals surface area contributed by atoms with Gasteiger partial charge in [-0.15, -0.1) is 0 Å². The van der Waals surface area contributed by atoms with Crippen molar-refractivity contribution in [3.8, 4) is 0 Å². The van der Waals surface area contributed by atoms with Gasteiger partial charge < -0.3 is 20.9 Å². The van der Waals surface area contributed by atoms with Crippen LogP contribution in [0.1, 0.15) is 19.5 Å². The summed E-state index contributed by atoms with van der Waals surface area (Å²) in [5.41, 5.74) is 4.86. The molecule has 0 saturated carbocycles. The monoisotopic (exact) mass is 283 g/mol. The molecular weight excluding hydrogens is 266 g/mol. The van der Waals surface area contributed by atoms with Gasteiger partial charge in [0.15, 0.2) is 11.5 Å². The van der Waals surface area contributed by atoms with E-state index in [1.54, 1.807) is 4.90 Å². The summed E-state index contributed by atoms with van der Waals surface area (Å²) in [5, 5.41) is 31.4. The molecule has 0 aromatic carbocycles. The summed E-state index contributed by atoms with van der Waals surface area (Å²) in [6.45, 7) is 4.01. The van der Waals surface area contributed by atoms with E-state index in [2.05, 4.69) is 10.1 Å². The summed E-state index contributed by atoms with van der Waals surface area (Å²) < 4.78 is 0. The minimum atomic E-state index is -0.657. The first-order valence-corrected chi connectivity index (χ1v) is 5.93. The van der Waals surface area contributed by atoms with E-state index in [0.717, 1.165) is 0 Å². The molecule has 1 rings (SSSR count). The Hall–Kier alpha value is -2.42. The van der Waals surface area contributed by atoms with E-state index in [4.69, 9.17) is 16.0 Å². The van der Waals surface area contributed by atoms with E-state index < -0.39 is 10.8 Å². The Bertz CT molecular complexity index is 518. The van der Waals surface area contributed by atoms with Crippen molar-refractivity contribution in [3.05, 3.63) is 27.9 Å². The van der Waals surface area contributed by atoms with Gasteiger partial charge in [-0.05, 0) is 19.9 Å². The average Bonchev–Trinajstić information content (AvgIpc) is 2.42. The first-order chi connectivity index (χ1) is 9.42. The largest absolute Gasteiger partial charge is 0.409 e. The van der Waals surface area contributed by atoms with Crippen molar-refractivity contribution in [3.63, 3.8) is 0 Å². The second-order valence-electron chi connectivity index (χ2n) is 4.29. The van der Waals surface area contributed by atoms with Gasteiger partial charge in [0.2, 0.25) is 0 Å². The van der Waals surface area contributed by atoms with Crippen LogP contribution in [0, 0.1) is 10.1 Å². The number of anilines is 1. The second kappa shape index (κ2) is 6.66. The first kappa shape index (κ1) is 15.6. The number of aromatic nitrogens is 1. The quantitative estimate of drug-likeness (QED) is 0.224.